The zero-order chi connectivity index (χ0) is 11.0. The lowest BCUT2D eigenvalue weighted by Crippen LogP contribution is -2.15. The van der Waals surface area contributed by atoms with E-state index in [0.717, 1.165) is 16.6 Å². The first-order valence-electron chi connectivity index (χ1n) is 4.59. The van der Waals surface area contributed by atoms with Crippen molar-refractivity contribution in [2.24, 2.45) is 5.73 Å². The Morgan fingerprint density at radius 2 is 2.33 bits per heavy atom. The molecule has 15 heavy (non-hydrogen) atoms. The van der Waals surface area contributed by atoms with Gasteiger partial charge in [-0.15, -0.1) is 0 Å². The first kappa shape index (κ1) is 9.51. The van der Waals surface area contributed by atoms with Crippen LogP contribution in [0.2, 0.25) is 0 Å². The minimum absolute atomic E-state index is 0.461. The van der Waals surface area contributed by atoms with Crippen LogP contribution in [-0.2, 0) is 0 Å². The number of primary amides is 1. The molecule has 0 aliphatic carbocycles. The molecule has 0 aliphatic rings. The van der Waals surface area contributed by atoms with Gasteiger partial charge >= 0.3 is 0 Å². The molecule has 2 rings (SSSR count). The number of hydrogen-bond donors (Lipinski definition) is 3. The third-order valence-corrected chi connectivity index (χ3v) is 2.43. The van der Waals surface area contributed by atoms with Crippen LogP contribution in [0.1, 0.15) is 15.9 Å². The van der Waals surface area contributed by atoms with Gasteiger partial charge in [0.15, 0.2) is 0 Å². The van der Waals surface area contributed by atoms with Gasteiger partial charge in [-0.1, -0.05) is 0 Å². The largest absolute Gasteiger partial charge is 0.387 e. The number of anilines is 1. The Kier molecular flexibility index (Phi) is 2.07. The quantitative estimate of drug-likeness (QED) is 0.682. The highest BCUT2D eigenvalue weighted by atomic mass is 16.1. The van der Waals surface area contributed by atoms with Gasteiger partial charge in [0.25, 0.3) is 5.91 Å². The van der Waals surface area contributed by atoms with Gasteiger partial charge in [-0.2, -0.15) is 5.10 Å². The number of aromatic nitrogens is 2. The molecule has 0 atom stereocenters. The van der Waals surface area contributed by atoms with Crippen molar-refractivity contribution in [1.29, 1.82) is 0 Å². The second-order valence-electron chi connectivity index (χ2n) is 3.39. The molecule has 1 amide bonds. The number of benzene rings is 1. The number of nitrogens with one attached hydrogen (secondary N) is 2. The maximum Gasteiger partial charge on any atom is 0.253 e. The van der Waals surface area contributed by atoms with Crippen molar-refractivity contribution in [3.8, 4) is 0 Å². The van der Waals surface area contributed by atoms with E-state index in [0.29, 0.717) is 11.1 Å². The Hall–Kier alpha value is -2.04. The predicted molar refractivity (Wildman–Crippen MR) is 58.9 cm³/mol. The Labute approximate surface area is 86.7 Å². The fourth-order valence-corrected chi connectivity index (χ4v) is 1.80. The average Bonchev–Trinajstić information content (AvgIpc) is 2.62. The highest BCUT2D eigenvalue weighted by Gasteiger charge is 2.15. The lowest BCUT2D eigenvalue weighted by atomic mass is 10.0. The molecule has 0 saturated heterocycles. The van der Waals surface area contributed by atoms with Gasteiger partial charge in [0.1, 0.15) is 0 Å². The van der Waals surface area contributed by atoms with Gasteiger partial charge in [0.05, 0.1) is 23.0 Å². The normalized spacial score (nSPS) is 10.5. The van der Waals surface area contributed by atoms with E-state index in [-0.39, 0.29) is 0 Å². The second-order valence-corrected chi connectivity index (χ2v) is 3.39. The number of H-pyrrole nitrogens is 1. The number of nitrogens with two attached hydrogens (primary N) is 1. The number of rotatable bonds is 2. The summed E-state index contributed by atoms with van der Waals surface area (Å²) in [5.41, 5.74) is 8.22. The molecule has 1 aromatic heterocycles. The molecular formula is C10H12N4O. The third kappa shape index (κ3) is 1.32. The maximum atomic E-state index is 11.4. The molecule has 0 bridgehead atoms. The first-order valence-corrected chi connectivity index (χ1v) is 4.59. The van der Waals surface area contributed by atoms with Gasteiger partial charge < -0.3 is 11.1 Å². The van der Waals surface area contributed by atoms with Gasteiger partial charge in [-0.05, 0) is 18.6 Å². The Morgan fingerprint density at radius 1 is 1.60 bits per heavy atom. The van der Waals surface area contributed by atoms with Gasteiger partial charge in [0.2, 0.25) is 0 Å². The SMILES string of the molecule is CNc1c(C)cc2cn[nH]c2c1C(N)=O. The van der Waals surface area contributed by atoms with E-state index < -0.39 is 5.91 Å². The Bertz CT molecular complexity index is 529. The first-order chi connectivity index (χ1) is 7.15. The fraction of sp³-hybridized carbons (Fsp3) is 0.200. The highest BCUT2D eigenvalue weighted by molar-refractivity contribution is 6.10. The Balaban J connectivity index is 2.90. The van der Waals surface area contributed by atoms with Gasteiger partial charge in [0, 0.05) is 12.4 Å². The molecule has 0 saturated carbocycles. The van der Waals surface area contributed by atoms with Crippen LogP contribution in [-0.4, -0.2) is 23.2 Å². The summed E-state index contributed by atoms with van der Waals surface area (Å²) in [6.07, 6.45) is 1.67. The summed E-state index contributed by atoms with van der Waals surface area (Å²) in [5.74, 6) is -0.461. The summed E-state index contributed by atoms with van der Waals surface area (Å²) in [6.45, 7) is 1.92. The smallest absolute Gasteiger partial charge is 0.253 e. The molecule has 4 N–H and O–H groups in total. The van der Waals surface area contributed by atoms with Crippen molar-refractivity contribution in [1.82, 2.24) is 10.2 Å². The lowest BCUT2D eigenvalue weighted by Gasteiger charge is -2.10. The van der Waals surface area contributed by atoms with Crippen LogP contribution < -0.4 is 11.1 Å². The van der Waals surface area contributed by atoms with Gasteiger partial charge in [-0.3, -0.25) is 9.89 Å². The minimum Gasteiger partial charge on any atom is -0.387 e. The van der Waals surface area contributed by atoms with E-state index >= 15 is 0 Å². The average molecular weight is 204 g/mol. The number of fused-ring (bicyclic) bond motifs is 1. The fourth-order valence-electron chi connectivity index (χ4n) is 1.80. The molecular weight excluding hydrogens is 192 g/mol. The molecule has 0 aliphatic heterocycles. The summed E-state index contributed by atoms with van der Waals surface area (Å²) < 4.78 is 0. The molecule has 1 heterocycles. The summed E-state index contributed by atoms with van der Waals surface area (Å²) in [6, 6.07) is 1.96. The second kappa shape index (κ2) is 3.27. The molecule has 78 valence electrons. The summed E-state index contributed by atoms with van der Waals surface area (Å²) in [7, 11) is 1.76. The zero-order valence-electron chi connectivity index (χ0n) is 8.59. The van der Waals surface area contributed by atoms with Crippen molar-refractivity contribution in [2.45, 2.75) is 6.92 Å². The van der Waals surface area contributed by atoms with Crippen molar-refractivity contribution in [3.05, 3.63) is 23.4 Å². The topological polar surface area (TPSA) is 83.8 Å². The van der Waals surface area contributed by atoms with Crippen molar-refractivity contribution in [3.63, 3.8) is 0 Å². The number of hydrogen-bond acceptors (Lipinski definition) is 3. The lowest BCUT2D eigenvalue weighted by molar-refractivity contribution is 0.100. The van der Waals surface area contributed by atoms with Crippen LogP contribution in [0, 0.1) is 6.92 Å². The highest BCUT2D eigenvalue weighted by Crippen LogP contribution is 2.27. The molecule has 5 nitrogen and oxygen atoms in total. The van der Waals surface area contributed by atoms with Crippen molar-refractivity contribution < 1.29 is 4.79 Å². The van der Waals surface area contributed by atoms with E-state index in [4.69, 9.17) is 5.73 Å². The summed E-state index contributed by atoms with van der Waals surface area (Å²) in [4.78, 5) is 11.4. The summed E-state index contributed by atoms with van der Waals surface area (Å²) >= 11 is 0. The van der Waals surface area contributed by atoms with Crippen LogP contribution in [0.3, 0.4) is 0 Å². The van der Waals surface area contributed by atoms with Crippen molar-refractivity contribution >= 4 is 22.5 Å². The molecule has 0 radical (unpaired) electrons. The number of carbonyl (C=O) groups is 1. The Morgan fingerprint density at radius 3 is 2.93 bits per heavy atom. The molecule has 0 fully saturated rings. The molecule has 0 spiro atoms. The zero-order valence-corrected chi connectivity index (χ0v) is 8.59. The minimum atomic E-state index is -0.461. The van der Waals surface area contributed by atoms with E-state index in [9.17, 15) is 4.79 Å². The molecule has 5 heteroatoms. The predicted octanol–water partition coefficient (Wildman–Crippen LogP) is 1.01. The van der Waals surface area contributed by atoms with Crippen molar-refractivity contribution in [2.75, 3.05) is 12.4 Å². The number of nitrogens with zero attached hydrogens (tertiary/aromatic N) is 1. The van der Waals surface area contributed by atoms with Crippen LogP contribution in [0.25, 0.3) is 10.9 Å². The standard InChI is InChI=1S/C10H12N4O/c1-5-3-6-4-13-14-9(6)7(10(11)15)8(5)12-2/h3-4,12H,1-2H3,(H2,11,15)(H,13,14). The molecule has 2 aromatic rings. The third-order valence-electron chi connectivity index (χ3n) is 2.43. The van der Waals surface area contributed by atoms with Crippen LogP contribution in [0.15, 0.2) is 12.3 Å². The van der Waals surface area contributed by atoms with Crippen LogP contribution in [0.4, 0.5) is 5.69 Å². The summed E-state index contributed by atoms with van der Waals surface area (Å²) in [5, 5.41) is 10.5. The van der Waals surface area contributed by atoms with E-state index in [1.165, 1.54) is 0 Å². The number of amides is 1. The maximum absolute atomic E-state index is 11.4. The van der Waals surface area contributed by atoms with Crippen LogP contribution in [0.5, 0.6) is 0 Å². The molecule has 0 unspecified atom stereocenters. The van der Waals surface area contributed by atoms with E-state index in [1.54, 1.807) is 13.2 Å². The van der Waals surface area contributed by atoms with E-state index in [2.05, 4.69) is 15.5 Å². The number of aryl methyl sites for hydroxylation is 1. The van der Waals surface area contributed by atoms with E-state index in [1.807, 2.05) is 13.0 Å². The molecule has 1 aromatic carbocycles. The van der Waals surface area contributed by atoms with Crippen LogP contribution >= 0.6 is 0 Å². The number of aromatic amines is 1. The monoisotopic (exact) mass is 204 g/mol. The van der Waals surface area contributed by atoms with Gasteiger partial charge in [-0.25, -0.2) is 0 Å². The number of carbonyl (C=O) groups excluding carboxylic acids is 1.